The number of nitrogens with one attached hydrogen (secondary N) is 1. The molecule has 1 fully saturated rings. The second kappa shape index (κ2) is 5.95. The quantitative estimate of drug-likeness (QED) is 0.893. The summed E-state index contributed by atoms with van der Waals surface area (Å²) < 4.78 is 0. The van der Waals surface area contributed by atoms with Crippen molar-refractivity contribution in [1.29, 1.82) is 0 Å². The van der Waals surface area contributed by atoms with Gasteiger partial charge < -0.3 is 10.4 Å². The number of carbonyl (C=O) groups is 1. The number of benzene rings is 2. The largest absolute Gasteiger partial charge is 0.508 e. The van der Waals surface area contributed by atoms with Crippen molar-refractivity contribution in [3.05, 3.63) is 65.2 Å². The molecule has 124 valence electrons. The minimum atomic E-state index is -0.316. The maximum atomic E-state index is 12.8. The molecule has 2 N–H and O–H groups in total. The number of aromatic hydroxyl groups is 1. The topological polar surface area (TPSA) is 52.6 Å². The highest BCUT2D eigenvalue weighted by molar-refractivity contribution is 5.84. The zero-order valence-electron chi connectivity index (χ0n) is 13.7. The maximum Gasteiger partial charge on any atom is 0.228 e. The fourth-order valence-corrected chi connectivity index (χ4v) is 3.99. The second-order valence-corrected chi connectivity index (χ2v) is 7.04. The van der Waals surface area contributed by atoms with Crippen molar-refractivity contribution in [1.82, 2.24) is 10.2 Å². The molecule has 2 aromatic rings. The molecular formula is C20H22N2O2. The monoisotopic (exact) mass is 322 g/mol. The fraction of sp³-hybridized carbons (Fsp3) is 0.350. The summed E-state index contributed by atoms with van der Waals surface area (Å²) in [5.41, 5.74) is 3.38. The van der Waals surface area contributed by atoms with Gasteiger partial charge in [0.15, 0.2) is 0 Å². The first-order valence-corrected chi connectivity index (χ1v) is 8.50. The lowest BCUT2D eigenvalue weighted by Gasteiger charge is -2.26. The summed E-state index contributed by atoms with van der Waals surface area (Å²) in [6, 6.07) is 15.7. The molecule has 2 aliphatic rings. The average molecular weight is 322 g/mol. The summed E-state index contributed by atoms with van der Waals surface area (Å²) in [5, 5.41) is 12.5. The van der Waals surface area contributed by atoms with E-state index in [9.17, 15) is 9.90 Å². The normalized spacial score (nSPS) is 23.8. The van der Waals surface area contributed by atoms with E-state index in [0.29, 0.717) is 6.54 Å². The summed E-state index contributed by atoms with van der Waals surface area (Å²) in [7, 11) is 0. The van der Waals surface area contributed by atoms with Gasteiger partial charge in [-0.1, -0.05) is 36.4 Å². The lowest BCUT2D eigenvalue weighted by Crippen LogP contribution is -2.42. The van der Waals surface area contributed by atoms with Gasteiger partial charge in [-0.3, -0.25) is 9.69 Å². The third-order valence-electron chi connectivity index (χ3n) is 5.34. The number of nitrogens with zero attached hydrogens (tertiary/aromatic N) is 1. The second-order valence-electron chi connectivity index (χ2n) is 7.04. The Morgan fingerprint density at radius 3 is 2.62 bits per heavy atom. The number of likely N-dealkylation sites (tertiary alicyclic amines) is 1. The molecule has 1 spiro atoms. The van der Waals surface area contributed by atoms with Crippen molar-refractivity contribution >= 4 is 5.91 Å². The van der Waals surface area contributed by atoms with Gasteiger partial charge in [-0.15, -0.1) is 0 Å². The Labute approximate surface area is 142 Å². The van der Waals surface area contributed by atoms with Gasteiger partial charge in [0.25, 0.3) is 0 Å². The molecule has 1 saturated heterocycles. The third kappa shape index (κ3) is 2.78. The third-order valence-corrected chi connectivity index (χ3v) is 5.34. The Morgan fingerprint density at radius 2 is 1.83 bits per heavy atom. The Bertz CT molecular complexity index is 756. The average Bonchev–Trinajstić information content (AvgIpc) is 2.93. The zero-order chi connectivity index (χ0) is 16.6. The fourth-order valence-electron chi connectivity index (χ4n) is 3.99. The number of carbonyl (C=O) groups excluding carboxylic acids is 1. The summed E-state index contributed by atoms with van der Waals surface area (Å²) >= 11 is 0. The van der Waals surface area contributed by atoms with Gasteiger partial charge in [0, 0.05) is 19.6 Å². The molecular weight excluding hydrogens is 300 g/mol. The van der Waals surface area contributed by atoms with Crippen LogP contribution in [0.25, 0.3) is 0 Å². The van der Waals surface area contributed by atoms with Crippen molar-refractivity contribution in [2.75, 3.05) is 13.1 Å². The maximum absolute atomic E-state index is 12.8. The standard InChI is InChI=1S/C20H22N2O2/c23-18-7-5-15(6-8-18)13-22-10-9-20(14-22)11-16-3-1-2-4-17(16)12-21-19(20)24/h1-8,23H,9-14H2,(H,21,24). The van der Waals surface area contributed by atoms with Crippen LogP contribution in [0.5, 0.6) is 5.75 Å². The molecule has 2 aliphatic heterocycles. The van der Waals surface area contributed by atoms with Crippen LogP contribution >= 0.6 is 0 Å². The highest BCUT2D eigenvalue weighted by Gasteiger charge is 2.45. The van der Waals surface area contributed by atoms with Gasteiger partial charge in [0.05, 0.1) is 5.41 Å². The van der Waals surface area contributed by atoms with E-state index in [4.69, 9.17) is 0 Å². The molecule has 0 saturated carbocycles. The van der Waals surface area contributed by atoms with Crippen LogP contribution in [0, 0.1) is 5.41 Å². The smallest absolute Gasteiger partial charge is 0.228 e. The van der Waals surface area contributed by atoms with E-state index in [2.05, 4.69) is 28.4 Å². The molecule has 2 aromatic carbocycles. The number of hydrogen-bond acceptors (Lipinski definition) is 3. The van der Waals surface area contributed by atoms with E-state index in [1.165, 1.54) is 16.7 Å². The van der Waals surface area contributed by atoms with Crippen LogP contribution in [0.1, 0.15) is 23.1 Å². The van der Waals surface area contributed by atoms with Gasteiger partial charge in [-0.05, 0) is 48.2 Å². The van der Waals surface area contributed by atoms with E-state index in [1.807, 2.05) is 18.2 Å². The van der Waals surface area contributed by atoms with Crippen LogP contribution in [0.3, 0.4) is 0 Å². The van der Waals surface area contributed by atoms with Gasteiger partial charge >= 0.3 is 0 Å². The molecule has 0 aromatic heterocycles. The van der Waals surface area contributed by atoms with Gasteiger partial charge in [-0.2, -0.15) is 0 Å². The zero-order valence-corrected chi connectivity index (χ0v) is 13.7. The van der Waals surface area contributed by atoms with Crippen LogP contribution in [0.4, 0.5) is 0 Å². The molecule has 4 rings (SSSR count). The first-order chi connectivity index (χ1) is 11.6. The van der Waals surface area contributed by atoms with Crippen molar-refractivity contribution in [2.45, 2.75) is 25.9 Å². The van der Waals surface area contributed by atoms with Crippen molar-refractivity contribution in [2.24, 2.45) is 5.41 Å². The lowest BCUT2D eigenvalue weighted by molar-refractivity contribution is -0.130. The first kappa shape index (κ1) is 15.2. The SMILES string of the molecule is O=C1NCc2ccccc2CC12CCN(Cc1ccc(O)cc1)C2. The molecule has 0 bridgehead atoms. The molecule has 1 unspecified atom stereocenters. The molecule has 4 heteroatoms. The molecule has 1 atom stereocenters. The van der Waals surface area contributed by atoms with Crippen LogP contribution in [-0.2, 0) is 24.3 Å². The first-order valence-electron chi connectivity index (χ1n) is 8.50. The summed E-state index contributed by atoms with van der Waals surface area (Å²) in [6.07, 6.45) is 1.71. The Hall–Kier alpha value is -2.33. The molecule has 0 radical (unpaired) electrons. The van der Waals surface area contributed by atoms with Gasteiger partial charge in [0.2, 0.25) is 5.91 Å². The molecule has 1 amide bonds. The van der Waals surface area contributed by atoms with E-state index in [1.54, 1.807) is 12.1 Å². The van der Waals surface area contributed by atoms with Gasteiger partial charge in [0.1, 0.15) is 5.75 Å². The number of rotatable bonds is 2. The van der Waals surface area contributed by atoms with Crippen LogP contribution in [0.15, 0.2) is 48.5 Å². The minimum Gasteiger partial charge on any atom is -0.508 e. The number of amides is 1. The molecule has 0 aliphatic carbocycles. The van der Waals surface area contributed by atoms with Crippen molar-refractivity contribution in [3.8, 4) is 5.75 Å². The number of fused-ring (bicyclic) bond motifs is 1. The highest BCUT2D eigenvalue weighted by Crippen LogP contribution is 2.37. The predicted molar refractivity (Wildman–Crippen MR) is 92.4 cm³/mol. The number of phenols is 1. The van der Waals surface area contributed by atoms with Crippen molar-refractivity contribution in [3.63, 3.8) is 0 Å². The summed E-state index contributed by atoms with van der Waals surface area (Å²) in [6.45, 7) is 3.16. The minimum absolute atomic E-state index is 0.187. The van der Waals surface area contributed by atoms with E-state index in [-0.39, 0.29) is 17.1 Å². The van der Waals surface area contributed by atoms with Crippen LogP contribution in [0.2, 0.25) is 0 Å². The van der Waals surface area contributed by atoms with Crippen molar-refractivity contribution < 1.29 is 9.90 Å². The Balaban J connectivity index is 1.53. The number of phenolic OH excluding ortho intramolecular Hbond substituents is 1. The van der Waals surface area contributed by atoms with Crippen LogP contribution < -0.4 is 5.32 Å². The lowest BCUT2D eigenvalue weighted by atomic mass is 9.80. The Morgan fingerprint density at radius 1 is 1.08 bits per heavy atom. The van der Waals surface area contributed by atoms with Gasteiger partial charge in [-0.25, -0.2) is 0 Å². The molecule has 24 heavy (non-hydrogen) atoms. The summed E-state index contributed by atoms with van der Waals surface area (Å²) in [5.74, 6) is 0.475. The highest BCUT2D eigenvalue weighted by atomic mass is 16.3. The van der Waals surface area contributed by atoms with E-state index >= 15 is 0 Å². The molecule has 4 nitrogen and oxygen atoms in total. The van der Waals surface area contributed by atoms with E-state index in [0.717, 1.165) is 32.5 Å². The predicted octanol–water partition coefficient (Wildman–Crippen LogP) is 2.46. The van der Waals surface area contributed by atoms with E-state index < -0.39 is 0 Å². The van der Waals surface area contributed by atoms with Crippen LogP contribution in [-0.4, -0.2) is 29.0 Å². The number of hydrogen-bond donors (Lipinski definition) is 2. The summed E-state index contributed by atoms with van der Waals surface area (Å²) in [4.78, 5) is 15.1. The molecule has 2 heterocycles. The Kier molecular flexibility index (Phi) is 3.77.